The van der Waals surface area contributed by atoms with E-state index in [-0.39, 0.29) is 5.92 Å². The second-order valence-corrected chi connectivity index (χ2v) is 5.94. The van der Waals surface area contributed by atoms with Crippen molar-refractivity contribution in [3.8, 4) is 5.75 Å². The van der Waals surface area contributed by atoms with E-state index in [0.29, 0.717) is 12.6 Å². The van der Waals surface area contributed by atoms with Crippen LogP contribution in [0.1, 0.15) is 47.8 Å². The molecule has 2 atom stereocenters. The number of benzene rings is 1. The highest BCUT2D eigenvalue weighted by atomic mass is 32.1. The molecule has 0 bridgehead atoms. The first kappa shape index (κ1) is 13.5. The van der Waals surface area contributed by atoms with Crippen LogP contribution in [-0.2, 0) is 0 Å². The third kappa shape index (κ3) is 2.43. The Hall–Kier alpha value is -1.46. The van der Waals surface area contributed by atoms with Gasteiger partial charge in [0.15, 0.2) is 0 Å². The number of nitrogens with zero attached hydrogens (tertiary/aromatic N) is 2. The van der Waals surface area contributed by atoms with Crippen LogP contribution in [0.25, 0.3) is 0 Å². The first-order chi connectivity index (χ1) is 9.83. The Morgan fingerprint density at radius 3 is 3.00 bits per heavy atom. The average molecular weight is 289 g/mol. The highest BCUT2D eigenvalue weighted by molar-refractivity contribution is 7.11. The van der Waals surface area contributed by atoms with E-state index < -0.39 is 0 Å². The lowest BCUT2D eigenvalue weighted by molar-refractivity contribution is 0.342. The van der Waals surface area contributed by atoms with Crippen molar-refractivity contribution in [2.75, 3.05) is 13.2 Å². The van der Waals surface area contributed by atoms with Gasteiger partial charge in [0.05, 0.1) is 12.0 Å². The van der Waals surface area contributed by atoms with Gasteiger partial charge in [-0.1, -0.05) is 43.4 Å². The second-order valence-electron chi connectivity index (χ2n) is 4.90. The molecule has 20 heavy (non-hydrogen) atoms. The fourth-order valence-corrected chi connectivity index (χ4v) is 3.65. The number of ether oxygens (including phenoxy) is 1. The molecule has 2 aromatic rings. The molecule has 1 aromatic heterocycles. The van der Waals surface area contributed by atoms with E-state index in [1.165, 1.54) is 5.56 Å². The maximum Gasteiger partial charge on any atom is 0.134 e. The Bertz CT molecular complexity index is 584. The molecule has 0 spiro atoms. The van der Waals surface area contributed by atoms with Crippen LogP contribution >= 0.6 is 11.3 Å². The van der Waals surface area contributed by atoms with Gasteiger partial charge < -0.3 is 10.1 Å². The molecule has 2 heterocycles. The van der Waals surface area contributed by atoms with Gasteiger partial charge in [0.1, 0.15) is 22.4 Å². The normalized spacial score (nSPS) is 18.6. The van der Waals surface area contributed by atoms with E-state index in [9.17, 15) is 0 Å². The highest BCUT2D eigenvalue weighted by Gasteiger charge is 2.29. The fourth-order valence-electron chi connectivity index (χ4n) is 2.55. The van der Waals surface area contributed by atoms with Crippen LogP contribution in [-0.4, -0.2) is 23.3 Å². The summed E-state index contributed by atoms with van der Waals surface area (Å²) in [6, 6.07) is 8.50. The molecule has 1 N–H and O–H groups in total. The minimum atomic E-state index is 0.233. The van der Waals surface area contributed by atoms with Crippen LogP contribution in [0.4, 0.5) is 0 Å². The smallest absolute Gasteiger partial charge is 0.134 e. The fraction of sp³-hybridized carbons (Fsp3) is 0.467. The van der Waals surface area contributed by atoms with Gasteiger partial charge in [0, 0.05) is 5.56 Å². The topological polar surface area (TPSA) is 47.0 Å². The van der Waals surface area contributed by atoms with E-state index in [1.54, 1.807) is 11.3 Å². The standard InChI is InChI=1S/C15H19N3OS/c1-3-12(16-4-2)15-18-17-14(20-15)11-9-19-13-8-6-5-7-10(11)13/h5-8,11-12,16H,3-4,9H2,1-2H3. The quantitative estimate of drug-likeness (QED) is 0.918. The number of nitrogens with one attached hydrogen (secondary N) is 1. The Morgan fingerprint density at radius 2 is 2.20 bits per heavy atom. The van der Waals surface area contributed by atoms with Gasteiger partial charge in [-0.2, -0.15) is 0 Å². The van der Waals surface area contributed by atoms with Crippen molar-refractivity contribution in [2.24, 2.45) is 0 Å². The largest absolute Gasteiger partial charge is 0.492 e. The minimum absolute atomic E-state index is 0.233. The molecular weight excluding hydrogens is 270 g/mol. The van der Waals surface area contributed by atoms with Crippen molar-refractivity contribution in [1.82, 2.24) is 15.5 Å². The van der Waals surface area contributed by atoms with Gasteiger partial charge in [-0.15, -0.1) is 10.2 Å². The van der Waals surface area contributed by atoms with Crippen LogP contribution in [0.5, 0.6) is 5.75 Å². The predicted octanol–water partition coefficient (Wildman–Crippen LogP) is 3.12. The zero-order valence-electron chi connectivity index (χ0n) is 11.8. The molecule has 1 aliphatic heterocycles. The summed E-state index contributed by atoms with van der Waals surface area (Å²) in [6.45, 7) is 5.91. The molecule has 0 radical (unpaired) electrons. The molecule has 0 fully saturated rings. The van der Waals surface area contributed by atoms with Gasteiger partial charge in [-0.05, 0) is 19.0 Å². The van der Waals surface area contributed by atoms with E-state index in [0.717, 1.165) is 28.7 Å². The summed E-state index contributed by atoms with van der Waals surface area (Å²) in [5.74, 6) is 1.21. The van der Waals surface area contributed by atoms with E-state index in [2.05, 4.69) is 41.5 Å². The van der Waals surface area contributed by atoms with E-state index >= 15 is 0 Å². The maximum absolute atomic E-state index is 5.73. The van der Waals surface area contributed by atoms with Crippen molar-refractivity contribution in [3.63, 3.8) is 0 Å². The summed E-state index contributed by atoms with van der Waals surface area (Å²) in [5.41, 5.74) is 1.23. The van der Waals surface area contributed by atoms with Crippen LogP contribution in [0.2, 0.25) is 0 Å². The molecule has 0 aliphatic carbocycles. The minimum Gasteiger partial charge on any atom is -0.492 e. The second kappa shape index (κ2) is 5.89. The molecule has 5 heteroatoms. The molecule has 4 nitrogen and oxygen atoms in total. The van der Waals surface area contributed by atoms with Crippen molar-refractivity contribution < 1.29 is 4.74 Å². The lowest BCUT2D eigenvalue weighted by Crippen LogP contribution is -2.19. The Balaban J connectivity index is 1.84. The number of para-hydroxylation sites is 1. The lowest BCUT2D eigenvalue weighted by Gasteiger charge is -2.11. The number of fused-ring (bicyclic) bond motifs is 1. The van der Waals surface area contributed by atoms with Gasteiger partial charge >= 0.3 is 0 Å². The summed E-state index contributed by atoms with van der Waals surface area (Å²) in [6.07, 6.45) is 1.03. The lowest BCUT2D eigenvalue weighted by atomic mass is 10.0. The zero-order chi connectivity index (χ0) is 13.9. The summed E-state index contributed by atoms with van der Waals surface area (Å²) in [5, 5.41) is 14.4. The maximum atomic E-state index is 5.73. The Morgan fingerprint density at radius 1 is 1.35 bits per heavy atom. The van der Waals surface area contributed by atoms with Crippen molar-refractivity contribution >= 4 is 11.3 Å². The predicted molar refractivity (Wildman–Crippen MR) is 80.4 cm³/mol. The highest BCUT2D eigenvalue weighted by Crippen LogP contribution is 2.39. The first-order valence-electron chi connectivity index (χ1n) is 7.11. The number of rotatable bonds is 5. The Kier molecular flexibility index (Phi) is 3.98. The van der Waals surface area contributed by atoms with Gasteiger partial charge in [0.25, 0.3) is 0 Å². The molecule has 3 rings (SSSR count). The molecule has 1 aromatic carbocycles. The molecule has 2 unspecified atom stereocenters. The monoisotopic (exact) mass is 289 g/mol. The molecular formula is C15H19N3OS. The Labute approximate surface area is 123 Å². The first-order valence-corrected chi connectivity index (χ1v) is 7.93. The average Bonchev–Trinajstić information content (AvgIpc) is 3.11. The SMILES string of the molecule is CCNC(CC)c1nnc(C2COc3ccccc32)s1. The van der Waals surface area contributed by atoms with Crippen molar-refractivity contribution in [2.45, 2.75) is 32.2 Å². The third-order valence-corrected chi connectivity index (χ3v) is 4.76. The van der Waals surface area contributed by atoms with Gasteiger partial charge in [0.2, 0.25) is 0 Å². The molecule has 1 aliphatic rings. The van der Waals surface area contributed by atoms with Crippen molar-refractivity contribution in [1.29, 1.82) is 0 Å². The number of hydrogen-bond acceptors (Lipinski definition) is 5. The summed E-state index contributed by atoms with van der Waals surface area (Å²) in [4.78, 5) is 0. The summed E-state index contributed by atoms with van der Waals surface area (Å²) < 4.78 is 5.73. The van der Waals surface area contributed by atoms with E-state index in [1.807, 2.05) is 12.1 Å². The van der Waals surface area contributed by atoms with E-state index in [4.69, 9.17) is 4.74 Å². The molecule has 0 saturated heterocycles. The number of hydrogen-bond donors (Lipinski definition) is 1. The van der Waals surface area contributed by atoms with Crippen LogP contribution in [0, 0.1) is 0 Å². The molecule has 106 valence electrons. The zero-order valence-corrected chi connectivity index (χ0v) is 12.6. The summed E-state index contributed by atoms with van der Waals surface area (Å²) in [7, 11) is 0. The third-order valence-electron chi connectivity index (χ3n) is 3.61. The van der Waals surface area contributed by atoms with Crippen molar-refractivity contribution in [3.05, 3.63) is 39.8 Å². The molecule has 0 amide bonds. The van der Waals surface area contributed by atoms with Gasteiger partial charge in [-0.3, -0.25) is 0 Å². The van der Waals surface area contributed by atoms with Gasteiger partial charge in [-0.25, -0.2) is 0 Å². The number of aromatic nitrogens is 2. The molecule has 0 saturated carbocycles. The van der Waals surface area contributed by atoms with Crippen LogP contribution in [0.15, 0.2) is 24.3 Å². The van der Waals surface area contributed by atoms with Crippen LogP contribution < -0.4 is 10.1 Å². The summed E-state index contributed by atoms with van der Waals surface area (Å²) >= 11 is 1.70. The van der Waals surface area contributed by atoms with Crippen LogP contribution in [0.3, 0.4) is 0 Å².